The molecule has 0 aliphatic heterocycles. The third-order valence-electron chi connectivity index (χ3n) is 2.61. The van der Waals surface area contributed by atoms with Gasteiger partial charge in [0.15, 0.2) is 0 Å². The average Bonchev–Trinajstić information content (AvgIpc) is 2.07. The van der Waals surface area contributed by atoms with Crippen molar-refractivity contribution in [2.24, 2.45) is 16.7 Å². The van der Waals surface area contributed by atoms with Gasteiger partial charge < -0.3 is 9.53 Å². The van der Waals surface area contributed by atoms with Gasteiger partial charge in [-0.25, -0.2) is 0 Å². The van der Waals surface area contributed by atoms with Crippen LogP contribution in [0.2, 0.25) is 6.55 Å². The molecule has 0 aliphatic rings. The number of hydrogen-bond acceptors (Lipinski definition) is 3. The zero-order valence-electron chi connectivity index (χ0n) is 12.3. The van der Waals surface area contributed by atoms with E-state index in [0.29, 0.717) is 0 Å². The summed E-state index contributed by atoms with van der Waals surface area (Å²) in [7, 11) is -1.82. The molecule has 0 saturated heterocycles. The predicted molar refractivity (Wildman–Crippen MR) is 73.2 cm³/mol. The first-order chi connectivity index (χ1) is 7.43. The second-order valence-corrected chi connectivity index (χ2v) is 9.19. The van der Waals surface area contributed by atoms with E-state index in [-0.39, 0.29) is 28.9 Å². The van der Waals surface area contributed by atoms with Gasteiger partial charge >= 0.3 is 5.97 Å². The van der Waals surface area contributed by atoms with E-state index in [1.54, 1.807) is 6.55 Å². The molecule has 0 heterocycles. The quantitative estimate of drug-likeness (QED) is 0.624. The fourth-order valence-corrected chi connectivity index (χ4v) is 2.06. The number of rotatable bonds is 4. The molecule has 1 N–H and O–H groups in total. The molecule has 0 fully saturated rings. The Morgan fingerprint density at radius 1 is 1.24 bits per heavy atom. The van der Waals surface area contributed by atoms with Crippen LogP contribution in [0.3, 0.4) is 0 Å². The highest BCUT2D eigenvalue weighted by Gasteiger charge is 2.35. The molecular weight excluding hydrogens is 232 g/mol. The molecule has 0 saturated carbocycles. The molecule has 0 radical (unpaired) electrons. The summed E-state index contributed by atoms with van der Waals surface area (Å²) in [6, 6.07) is 0. The van der Waals surface area contributed by atoms with Crippen molar-refractivity contribution in [2.75, 3.05) is 6.23 Å². The number of esters is 1. The molecule has 0 bridgehead atoms. The van der Waals surface area contributed by atoms with Gasteiger partial charge in [-0.2, -0.15) is 0 Å². The summed E-state index contributed by atoms with van der Waals surface area (Å²) in [6.45, 7) is 14.3. The third kappa shape index (κ3) is 7.55. The Hall–Kier alpha value is -0.353. The first-order valence-electron chi connectivity index (χ1n) is 6.28. The molecular formula is C13H28O3Si. The van der Waals surface area contributed by atoms with Crippen LogP contribution in [0, 0.1) is 16.7 Å². The second kappa shape index (κ2) is 6.00. The number of carbonyl (C=O) groups is 1. The lowest BCUT2D eigenvalue weighted by Gasteiger charge is -2.33. The molecule has 4 heteroatoms. The SMILES string of the molecule is C[SiH](O)COC(=O)C(CC(C)(C)C)C(C)(C)C. The molecule has 0 aromatic rings. The fourth-order valence-electron chi connectivity index (χ4n) is 1.66. The summed E-state index contributed by atoms with van der Waals surface area (Å²) in [5, 5.41) is 0. The summed E-state index contributed by atoms with van der Waals surface area (Å²) in [4.78, 5) is 21.3. The molecule has 17 heavy (non-hydrogen) atoms. The zero-order valence-corrected chi connectivity index (χ0v) is 13.5. The standard InChI is InChI=1S/C13H28O3Si/c1-12(2,3)8-10(13(4,5)6)11(14)16-9-17(7)15/h10,15,17H,8-9H2,1-7H3. The Bertz CT molecular complexity index is 248. The Morgan fingerprint density at radius 2 is 1.71 bits per heavy atom. The van der Waals surface area contributed by atoms with Crippen LogP contribution in [0.1, 0.15) is 48.0 Å². The van der Waals surface area contributed by atoms with Crippen molar-refractivity contribution in [3.05, 3.63) is 0 Å². The van der Waals surface area contributed by atoms with Crippen LogP contribution < -0.4 is 0 Å². The molecule has 0 spiro atoms. The first kappa shape index (κ1) is 16.6. The van der Waals surface area contributed by atoms with Crippen LogP contribution in [-0.2, 0) is 9.53 Å². The summed E-state index contributed by atoms with van der Waals surface area (Å²) < 4.78 is 5.21. The average molecular weight is 260 g/mol. The Morgan fingerprint density at radius 3 is 2.00 bits per heavy atom. The minimum absolute atomic E-state index is 0.0965. The van der Waals surface area contributed by atoms with E-state index in [9.17, 15) is 9.59 Å². The summed E-state index contributed by atoms with van der Waals surface area (Å²) in [5.41, 5.74) is -0.0101. The third-order valence-corrected chi connectivity index (χ3v) is 3.26. The summed E-state index contributed by atoms with van der Waals surface area (Å²) >= 11 is 0. The lowest BCUT2D eigenvalue weighted by molar-refractivity contribution is -0.152. The fraction of sp³-hybridized carbons (Fsp3) is 0.923. The van der Waals surface area contributed by atoms with Crippen LogP contribution in [0.25, 0.3) is 0 Å². The lowest BCUT2D eigenvalue weighted by atomic mass is 9.72. The minimum Gasteiger partial charge on any atom is -0.467 e. The number of carbonyl (C=O) groups excluding carboxylic acids is 1. The highest BCUT2D eigenvalue weighted by molar-refractivity contribution is 6.48. The molecule has 0 amide bonds. The predicted octanol–water partition coefficient (Wildman–Crippen LogP) is 2.51. The first-order valence-corrected chi connectivity index (χ1v) is 8.77. The molecule has 0 rings (SSSR count). The number of ether oxygens (including phenoxy) is 1. The van der Waals surface area contributed by atoms with Crippen LogP contribution in [0.15, 0.2) is 0 Å². The molecule has 102 valence electrons. The van der Waals surface area contributed by atoms with Crippen molar-refractivity contribution in [3.63, 3.8) is 0 Å². The maximum absolute atomic E-state index is 12.1. The van der Waals surface area contributed by atoms with Gasteiger partial charge in [0, 0.05) is 0 Å². The van der Waals surface area contributed by atoms with Crippen molar-refractivity contribution >= 4 is 15.0 Å². The van der Waals surface area contributed by atoms with Gasteiger partial charge in [-0.3, -0.25) is 4.79 Å². The molecule has 0 aliphatic carbocycles. The summed E-state index contributed by atoms with van der Waals surface area (Å²) in [5.74, 6) is -0.281. The van der Waals surface area contributed by atoms with Gasteiger partial charge in [-0.1, -0.05) is 41.5 Å². The Balaban J connectivity index is 4.65. The molecule has 0 aromatic heterocycles. The van der Waals surface area contributed by atoms with E-state index < -0.39 is 9.04 Å². The van der Waals surface area contributed by atoms with Crippen molar-refractivity contribution in [1.82, 2.24) is 0 Å². The minimum atomic E-state index is -1.82. The van der Waals surface area contributed by atoms with E-state index in [0.717, 1.165) is 6.42 Å². The van der Waals surface area contributed by atoms with Gasteiger partial charge in [-0.05, 0) is 23.8 Å². The molecule has 3 nitrogen and oxygen atoms in total. The smallest absolute Gasteiger partial charge is 0.309 e. The molecule has 2 atom stereocenters. The maximum atomic E-state index is 12.1. The van der Waals surface area contributed by atoms with Gasteiger partial charge in [0.05, 0.1) is 5.92 Å². The van der Waals surface area contributed by atoms with Crippen LogP contribution in [0.5, 0.6) is 0 Å². The topological polar surface area (TPSA) is 46.5 Å². The van der Waals surface area contributed by atoms with Crippen molar-refractivity contribution in [3.8, 4) is 0 Å². The summed E-state index contributed by atoms with van der Waals surface area (Å²) in [6.07, 6.45) is 1.02. The van der Waals surface area contributed by atoms with E-state index in [4.69, 9.17) is 4.74 Å². The second-order valence-electron chi connectivity index (χ2n) is 7.16. The lowest BCUT2D eigenvalue weighted by Crippen LogP contribution is -2.35. The van der Waals surface area contributed by atoms with E-state index >= 15 is 0 Å². The van der Waals surface area contributed by atoms with Crippen LogP contribution in [0.4, 0.5) is 0 Å². The molecule has 2 unspecified atom stereocenters. The Labute approximate surface area is 107 Å². The van der Waals surface area contributed by atoms with Crippen molar-refractivity contribution in [2.45, 2.75) is 54.5 Å². The van der Waals surface area contributed by atoms with Crippen molar-refractivity contribution < 1.29 is 14.3 Å². The van der Waals surface area contributed by atoms with Gasteiger partial charge in [0.25, 0.3) is 0 Å². The Kier molecular flexibility index (Phi) is 5.88. The maximum Gasteiger partial charge on any atom is 0.309 e. The van der Waals surface area contributed by atoms with Gasteiger partial charge in [0.2, 0.25) is 9.04 Å². The van der Waals surface area contributed by atoms with Gasteiger partial charge in [-0.15, -0.1) is 0 Å². The van der Waals surface area contributed by atoms with Crippen molar-refractivity contribution in [1.29, 1.82) is 0 Å². The van der Waals surface area contributed by atoms with Crippen LogP contribution >= 0.6 is 0 Å². The molecule has 0 aromatic carbocycles. The highest BCUT2D eigenvalue weighted by Crippen LogP contribution is 2.36. The van der Waals surface area contributed by atoms with Crippen LogP contribution in [-0.4, -0.2) is 26.0 Å². The zero-order chi connectivity index (χ0) is 13.9. The highest BCUT2D eigenvalue weighted by atomic mass is 28.3. The monoisotopic (exact) mass is 260 g/mol. The number of hydrogen-bond donors (Lipinski definition) is 1. The normalized spacial score (nSPS) is 16.5. The van der Waals surface area contributed by atoms with E-state index in [1.807, 2.05) is 0 Å². The van der Waals surface area contributed by atoms with E-state index in [1.165, 1.54) is 0 Å². The van der Waals surface area contributed by atoms with Gasteiger partial charge in [0.1, 0.15) is 6.23 Å². The largest absolute Gasteiger partial charge is 0.467 e. The van der Waals surface area contributed by atoms with E-state index in [2.05, 4.69) is 41.5 Å².